The second-order valence-electron chi connectivity index (χ2n) is 3.82. The Morgan fingerprint density at radius 3 is 2.39 bits per heavy atom. The number of thiazole rings is 1. The zero-order valence-electron chi connectivity index (χ0n) is 9.83. The number of ether oxygens (including phenoxy) is 1. The molecule has 18 heavy (non-hydrogen) atoms. The average Bonchev–Trinajstić information content (AvgIpc) is 2.66. The van der Waals surface area contributed by atoms with Gasteiger partial charge in [-0.15, -0.1) is 0 Å². The van der Waals surface area contributed by atoms with Gasteiger partial charge in [0.05, 0.1) is 11.5 Å². The van der Waals surface area contributed by atoms with Crippen LogP contribution in [0.1, 0.15) is 16.0 Å². The SMILES string of the molecule is Cc1cc(Oc2nc(Cl)c(CO)s2)cc(C)c1Cl. The summed E-state index contributed by atoms with van der Waals surface area (Å²) >= 11 is 13.1. The van der Waals surface area contributed by atoms with E-state index in [2.05, 4.69) is 4.98 Å². The van der Waals surface area contributed by atoms with Gasteiger partial charge in [-0.05, 0) is 37.1 Å². The van der Waals surface area contributed by atoms with E-state index in [-0.39, 0.29) is 11.8 Å². The van der Waals surface area contributed by atoms with E-state index in [0.29, 0.717) is 15.8 Å². The highest BCUT2D eigenvalue weighted by Crippen LogP contribution is 2.34. The first kappa shape index (κ1) is 13.6. The number of aromatic nitrogens is 1. The van der Waals surface area contributed by atoms with Gasteiger partial charge in [0.2, 0.25) is 0 Å². The van der Waals surface area contributed by atoms with Crippen LogP contribution in [-0.4, -0.2) is 10.1 Å². The molecule has 1 aromatic carbocycles. The molecule has 0 amide bonds. The van der Waals surface area contributed by atoms with Gasteiger partial charge in [-0.1, -0.05) is 34.5 Å². The van der Waals surface area contributed by atoms with Crippen LogP contribution in [0.4, 0.5) is 0 Å². The fourth-order valence-electron chi connectivity index (χ4n) is 1.52. The van der Waals surface area contributed by atoms with E-state index in [9.17, 15) is 0 Å². The molecular formula is C12H11Cl2NO2S. The summed E-state index contributed by atoms with van der Waals surface area (Å²) in [5, 5.41) is 10.5. The van der Waals surface area contributed by atoms with Crippen molar-refractivity contribution in [1.82, 2.24) is 4.98 Å². The third-order valence-electron chi connectivity index (χ3n) is 2.39. The molecule has 0 aliphatic rings. The predicted molar refractivity (Wildman–Crippen MR) is 74.0 cm³/mol. The number of aliphatic hydroxyl groups excluding tert-OH is 1. The van der Waals surface area contributed by atoms with Crippen LogP contribution in [0.25, 0.3) is 0 Å². The average molecular weight is 304 g/mol. The first-order chi connectivity index (χ1) is 8.51. The fraction of sp³-hybridized carbons (Fsp3) is 0.250. The summed E-state index contributed by atoms with van der Waals surface area (Å²) in [6.07, 6.45) is 0. The lowest BCUT2D eigenvalue weighted by atomic mass is 10.1. The van der Waals surface area contributed by atoms with Crippen LogP contribution in [-0.2, 0) is 6.61 Å². The molecule has 0 saturated carbocycles. The van der Waals surface area contributed by atoms with Gasteiger partial charge < -0.3 is 9.84 Å². The second-order valence-corrected chi connectivity index (χ2v) is 5.61. The fourth-order valence-corrected chi connectivity index (χ4v) is 2.61. The number of nitrogens with zero attached hydrogens (tertiary/aromatic N) is 1. The summed E-state index contributed by atoms with van der Waals surface area (Å²) in [5.41, 5.74) is 1.88. The third-order valence-corrected chi connectivity index (χ3v) is 4.33. The molecule has 0 radical (unpaired) electrons. The lowest BCUT2D eigenvalue weighted by Gasteiger charge is -2.07. The first-order valence-electron chi connectivity index (χ1n) is 5.22. The van der Waals surface area contributed by atoms with Gasteiger partial charge in [-0.2, -0.15) is 4.98 Å². The summed E-state index contributed by atoms with van der Waals surface area (Å²) in [5.74, 6) is 0.657. The van der Waals surface area contributed by atoms with E-state index < -0.39 is 0 Å². The van der Waals surface area contributed by atoms with E-state index in [1.165, 1.54) is 11.3 Å². The van der Waals surface area contributed by atoms with Gasteiger partial charge in [0.1, 0.15) is 10.9 Å². The Bertz CT molecular complexity index is 560. The largest absolute Gasteiger partial charge is 0.431 e. The maximum Gasteiger partial charge on any atom is 0.280 e. The Balaban J connectivity index is 2.28. The highest BCUT2D eigenvalue weighted by atomic mass is 35.5. The molecule has 1 N–H and O–H groups in total. The summed E-state index contributed by atoms with van der Waals surface area (Å²) in [6, 6.07) is 3.67. The van der Waals surface area contributed by atoms with Crippen molar-refractivity contribution in [2.24, 2.45) is 0 Å². The highest BCUT2D eigenvalue weighted by molar-refractivity contribution is 7.13. The van der Waals surface area contributed by atoms with E-state index >= 15 is 0 Å². The standard InChI is InChI=1S/C12H11Cl2NO2S/c1-6-3-8(4-7(2)10(6)13)17-12-15-11(14)9(5-16)18-12/h3-4,16H,5H2,1-2H3. The zero-order chi connectivity index (χ0) is 13.3. The summed E-state index contributed by atoms with van der Waals surface area (Å²) < 4.78 is 5.61. The number of hydrogen-bond donors (Lipinski definition) is 1. The predicted octanol–water partition coefficient (Wildman–Crippen LogP) is 4.35. The van der Waals surface area contributed by atoms with Crippen molar-refractivity contribution < 1.29 is 9.84 Å². The van der Waals surface area contributed by atoms with Crippen molar-refractivity contribution in [3.8, 4) is 10.9 Å². The first-order valence-corrected chi connectivity index (χ1v) is 6.79. The molecule has 3 nitrogen and oxygen atoms in total. The van der Waals surface area contributed by atoms with Gasteiger partial charge in [0.25, 0.3) is 5.19 Å². The third kappa shape index (κ3) is 2.78. The van der Waals surface area contributed by atoms with E-state index in [0.717, 1.165) is 16.1 Å². The summed E-state index contributed by atoms with van der Waals surface area (Å²) in [4.78, 5) is 4.62. The monoisotopic (exact) mass is 303 g/mol. The lowest BCUT2D eigenvalue weighted by molar-refractivity contribution is 0.285. The summed E-state index contributed by atoms with van der Waals surface area (Å²) in [7, 11) is 0. The quantitative estimate of drug-likeness (QED) is 0.916. The highest BCUT2D eigenvalue weighted by Gasteiger charge is 2.11. The number of halogens is 2. The topological polar surface area (TPSA) is 42.4 Å². The van der Waals surface area contributed by atoms with Crippen LogP contribution in [0.5, 0.6) is 10.9 Å². The molecule has 1 aromatic heterocycles. The van der Waals surface area contributed by atoms with Crippen molar-refractivity contribution >= 4 is 34.5 Å². The van der Waals surface area contributed by atoms with E-state index in [1.807, 2.05) is 26.0 Å². The minimum absolute atomic E-state index is 0.140. The van der Waals surface area contributed by atoms with Gasteiger partial charge in [0.15, 0.2) is 0 Å². The second kappa shape index (κ2) is 5.45. The number of hydrogen-bond acceptors (Lipinski definition) is 4. The van der Waals surface area contributed by atoms with Crippen LogP contribution in [0.15, 0.2) is 12.1 Å². The smallest absolute Gasteiger partial charge is 0.280 e. The molecule has 2 rings (SSSR count). The van der Waals surface area contributed by atoms with E-state index in [1.54, 1.807) is 0 Å². The maximum atomic E-state index is 9.04. The normalized spacial score (nSPS) is 10.7. The Kier molecular flexibility index (Phi) is 4.12. The Morgan fingerprint density at radius 2 is 1.89 bits per heavy atom. The molecule has 0 aliphatic heterocycles. The molecule has 0 spiro atoms. The number of rotatable bonds is 3. The van der Waals surface area contributed by atoms with Gasteiger partial charge >= 0.3 is 0 Å². The van der Waals surface area contributed by atoms with Crippen LogP contribution in [0, 0.1) is 13.8 Å². The van der Waals surface area contributed by atoms with Crippen molar-refractivity contribution in [3.05, 3.63) is 38.3 Å². The Hall–Kier alpha value is -0.810. The van der Waals surface area contributed by atoms with Crippen LogP contribution < -0.4 is 4.74 Å². The summed E-state index contributed by atoms with van der Waals surface area (Å²) in [6.45, 7) is 3.69. The minimum Gasteiger partial charge on any atom is -0.431 e. The van der Waals surface area contributed by atoms with Crippen molar-refractivity contribution in [1.29, 1.82) is 0 Å². The number of aliphatic hydroxyl groups is 1. The molecule has 0 saturated heterocycles. The molecule has 1 heterocycles. The molecule has 6 heteroatoms. The van der Waals surface area contributed by atoms with Gasteiger partial charge in [-0.3, -0.25) is 0 Å². The molecule has 0 aliphatic carbocycles. The zero-order valence-corrected chi connectivity index (χ0v) is 12.2. The molecule has 96 valence electrons. The van der Waals surface area contributed by atoms with E-state index in [4.69, 9.17) is 33.0 Å². The molecule has 0 unspecified atom stereocenters. The van der Waals surface area contributed by atoms with Gasteiger partial charge in [0, 0.05) is 5.02 Å². The van der Waals surface area contributed by atoms with Crippen LogP contribution in [0.2, 0.25) is 10.2 Å². The van der Waals surface area contributed by atoms with Crippen molar-refractivity contribution in [3.63, 3.8) is 0 Å². The minimum atomic E-state index is -0.140. The lowest BCUT2D eigenvalue weighted by Crippen LogP contribution is -1.87. The Morgan fingerprint density at radius 1 is 1.28 bits per heavy atom. The molecule has 2 aromatic rings. The Labute approximate surface area is 119 Å². The van der Waals surface area contributed by atoms with Crippen LogP contribution in [0.3, 0.4) is 0 Å². The van der Waals surface area contributed by atoms with Gasteiger partial charge in [-0.25, -0.2) is 0 Å². The number of aryl methyl sites for hydroxylation is 2. The van der Waals surface area contributed by atoms with Crippen molar-refractivity contribution in [2.75, 3.05) is 0 Å². The molecule has 0 atom stereocenters. The molecule has 0 fully saturated rings. The molecular weight excluding hydrogens is 293 g/mol. The number of benzene rings is 1. The van der Waals surface area contributed by atoms with Crippen LogP contribution >= 0.6 is 34.5 Å². The molecule has 0 bridgehead atoms. The van der Waals surface area contributed by atoms with Crippen molar-refractivity contribution in [2.45, 2.75) is 20.5 Å². The maximum absolute atomic E-state index is 9.04.